The molecule has 1 saturated carbocycles. The lowest BCUT2D eigenvalue weighted by Gasteiger charge is -2.08. The second-order valence-corrected chi connectivity index (χ2v) is 6.56. The van der Waals surface area contributed by atoms with Crippen LogP contribution in [-0.4, -0.2) is 19.7 Å². The third kappa shape index (κ3) is 2.83. The van der Waals surface area contributed by atoms with E-state index in [1.165, 1.54) is 0 Å². The van der Waals surface area contributed by atoms with E-state index in [0.29, 0.717) is 28.0 Å². The van der Waals surface area contributed by atoms with Crippen molar-refractivity contribution in [1.82, 2.24) is 19.7 Å². The van der Waals surface area contributed by atoms with Gasteiger partial charge in [0.25, 0.3) is 5.56 Å². The van der Waals surface area contributed by atoms with E-state index in [1.54, 1.807) is 29.8 Å². The Morgan fingerprint density at radius 1 is 1.32 bits per heavy atom. The molecule has 25 heavy (non-hydrogen) atoms. The first kappa shape index (κ1) is 15.6. The fourth-order valence-corrected chi connectivity index (χ4v) is 2.84. The van der Waals surface area contributed by atoms with Gasteiger partial charge in [0.2, 0.25) is 0 Å². The molecule has 0 aliphatic heterocycles. The molecule has 0 unspecified atom stereocenters. The van der Waals surface area contributed by atoms with Crippen molar-refractivity contribution in [3.05, 3.63) is 62.8 Å². The lowest BCUT2D eigenvalue weighted by atomic mass is 10.1. The van der Waals surface area contributed by atoms with Gasteiger partial charge in [0.1, 0.15) is 11.6 Å². The van der Waals surface area contributed by atoms with Crippen LogP contribution in [0.2, 0.25) is 5.02 Å². The number of nitrogens with one attached hydrogen (secondary N) is 1. The number of hydrogen-bond donors (Lipinski definition) is 1. The van der Waals surface area contributed by atoms with Crippen molar-refractivity contribution >= 4 is 11.6 Å². The van der Waals surface area contributed by atoms with Gasteiger partial charge in [-0.2, -0.15) is 10.4 Å². The number of nitriles is 1. The SMILES string of the molecule is Cc1[nH]c(=O)c(C#N)cc1-c1nc(C2CC2)nn1-c1ccc(Cl)cc1. The maximum Gasteiger partial charge on any atom is 0.266 e. The standard InChI is InChI=1S/C18H14ClN5O/c1-10-15(8-12(9-20)18(25)21-10)17-22-16(11-2-3-11)23-24(17)14-6-4-13(19)5-7-14/h4-8,11H,2-3H2,1H3,(H,21,25). The number of hydrogen-bond acceptors (Lipinski definition) is 4. The van der Waals surface area contributed by atoms with Crippen molar-refractivity contribution < 1.29 is 0 Å². The van der Waals surface area contributed by atoms with Crippen molar-refractivity contribution in [3.8, 4) is 23.1 Å². The summed E-state index contributed by atoms with van der Waals surface area (Å²) in [5.74, 6) is 1.77. The van der Waals surface area contributed by atoms with Crippen molar-refractivity contribution in [2.45, 2.75) is 25.7 Å². The van der Waals surface area contributed by atoms with Crippen LogP contribution in [0, 0.1) is 18.3 Å². The topological polar surface area (TPSA) is 87.4 Å². The summed E-state index contributed by atoms with van der Waals surface area (Å²) >= 11 is 5.98. The zero-order valence-corrected chi connectivity index (χ0v) is 14.2. The maximum absolute atomic E-state index is 11.8. The molecule has 0 saturated heterocycles. The molecule has 1 aliphatic rings. The molecule has 0 amide bonds. The highest BCUT2D eigenvalue weighted by Gasteiger charge is 2.30. The number of aromatic nitrogens is 4. The lowest BCUT2D eigenvalue weighted by molar-refractivity contribution is 0.838. The highest BCUT2D eigenvalue weighted by Crippen LogP contribution is 2.39. The summed E-state index contributed by atoms with van der Waals surface area (Å²) in [7, 11) is 0. The molecular weight excluding hydrogens is 338 g/mol. The third-order valence-corrected chi connectivity index (χ3v) is 4.49. The number of aryl methyl sites for hydroxylation is 1. The Bertz CT molecular complexity index is 1050. The van der Waals surface area contributed by atoms with Crippen molar-refractivity contribution in [2.75, 3.05) is 0 Å². The van der Waals surface area contributed by atoms with Gasteiger partial charge < -0.3 is 4.98 Å². The highest BCUT2D eigenvalue weighted by molar-refractivity contribution is 6.30. The van der Waals surface area contributed by atoms with E-state index >= 15 is 0 Å². The van der Waals surface area contributed by atoms with Gasteiger partial charge >= 0.3 is 0 Å². The van der Waals surface area contributed by atoms with Crippen molar-refractivity contribution in [2.24, 2.45) is 0 Å². The summed E-state index contributed by atoms with van der Waals surface area (Å²) < 4.78 is 1.74. The van der Waals surface area contributed by atoms with Crippen LogP contribution in [0.25, 0.3) is 17.1 Å². The quantitative estimate of drug-likeness (QED) is 0.784. The van der Waals surface area contributed by atoms with Gasteiger partial charge in [-0.1, -0.05) is 11.6 Å². The van der Waals surface area contributed by atoms with Crippen LogP contribution in [0.15, 0.2) is 35.1 Å². The number of rotatable bonds is 3. The van der Waals surface area contributed by atoms with Crippen LogP contribution >= 0.6 is 11.6 Å². The van der Waals surface area contributed by atoms with Crippen molar-refractivity contribution in [3.63, 3.8) is 0 Å². The van der Waals surface area contributed by atoms with Gasteiger partial charge in [-0.3, -0.25) is 4.79 Å². The maximum atomic E-state index is 11.8. The third-order valence-electron chi connectivity index (χ3n) is 4.24. The summed E-state index contributed by atoms with van der Waals surface area (Å²) in [6, 6.07) is 10.8. The van der Waals surface area contributed by atoms with E-state index in [0.717, 1.165) is 24.4 Å². The zero-order valence-electron chi connectivity index (χ0n) is 13.5. The van der Waals surface area contributed by atoms with Crippen LogP contribution in [0.4, 0.5) is 0 Å². The van der Waals surface area contributed by atoms with Gasteiger partial charge in [-0.05, 0) is 50.1 Å². The monoisotopic (exact) mass is 351 g/mol. The van der Waals surface area contributed by atoms with Crippen LogP contribution < -0.4 is 5.56 Å². The lowest BCUT2D eigenvalue weighted by Crippen LogP contribution is -2.13. The summed E-state index contributed by atoms with van der Waals surface area (Å²) in [5, 5.41) is 14.5. The summed E-state index contributed by atoms with van der Waals surface area (Å²) in [6.07, 6.45) is 2.16. The zero-order chi connectivity index (χ0) is 17.6. The molecule has 1 fully saturated rings. The molecule has 0 bridgehead atoms. The number of benzene rings is 1. The molecule has 124 valence electrons. The van der Waals surface area contributed by atoms with E-state index in [1.807, 2.05) is 18.2 Å². The normalized spacial score (nSPS) is 13.6. The van der Waals surface area contributed by atoms with Gasteiger partial charge in [-0.15, -0.1) is 0 Å². The van der Waals surface area contributed by atoms with Gasteiger partial charge in [-0.25, -0.2) is 9.67 Å². The molecule has 0 radical (unpaired) electrons. The van der Waals surface area contributed by atoms with E-state index in [-0.39, 0.29) is 5.56 Å². The molecule has 2 heterocycles. The Hall–Kier alpha value is -2.91. The summed E-state index contributed by atoms with van der Waals surface area (Å²) in [4.78, 5) is 19.2. The first-order chi connectivity index (χ1) is 12.1. The fourth-order valence-electron chi connectivity index (χ4n) is 2.72. The van der Waals surface area contributed by atoms with Gasteiger partial charge in [0, 0.05) is 22.2 Å². The predicted octanol–water partition coefficient (Wildman–Crippen LogP) is 3.33. The Labute approximate surface area is 148 Å². The van der Waals surface area contributed by atoms with E-state index in [9.17, 15) is 10.1 Å². The van der Waals surface area contributed by atoms with Gasteiger partial charge in [0.15, 0.2) is 11.6 Å². The number of nitrogens with zero attached hydrogens (tertiary/aromatic N) is 4. The Kier molecular flexibility index (Phi) is 3.66. The average Bonchev–Trinajstić information content (AvgIpc) is 3.36. The molecule has 0 atom stereocenters. The van der Waals surface area contributed by atoms with Crippen LogP contribution in [-0.2, 0) is 0 Å². The minimum Gasteiger partial charge on any atom is -0.325 e. The van der Waals surface area contributed by atoms with Crippen LogP contribution in [0.1, 0.15) is 35.8 Å². The van der Waals surface area contributed by atoms with Crippen LogP contribution in [0.5, 0.6) is 0 Å². The summed E-state index contributed by atoms with van der Waals surface area (Å²) in [6.45, 7) is 1.79. The number of halogens is 1. The number of pyridine rings is 1. The Morgan fingerprint density at radius 3 is 2.68 bits per heavy atom. The Morgan fingerprint density at radius 2 is 2.04 bits per heavy atom. The Balaban J connectivity index is 1.94. The predicted molar refractivity (Wildman–Crippen MR) is 93.9 cm³/mol. The molecule has 6 nitrogen and oxygen atoms in total. The smallest absolute Gasteiger partial charge is 0.266 e. The molecule has 0 spiro atoms. The number of H-pyrrole nitrogens is 1. The minimum absolute atomic E-state index is 0.0548. The van der Waals surface area contributed by atoms with E-state index < -0.39 is 5.56 Å². The second kappa shape index (κ2) is 5.87. The fraction of sp³-hybridized carbons (Fsp3) is 0.222. The van der Waals surface area contributed by atoms with E-state index in [4.69, 9.17) is 16.6 Å². The molecule has 4 rings (SSSR count). The average molecular weight is 352 g/mol. The van der Waals surface area contributed by atoms with Crippen molar-refractivity contribution in [1.29, 1.82) is 5.26 Å². The minimum atomic E-state index is -0.399. The largest absolute Gasteiger partial charge is 0.325 e. The first-order valence-electron chi connectivity index (χ1n) is 7.94. The number of aromatic amines is 1. The molecular formula is C18H14ClN5O. The van der Waals surface area contributed by atoms with Crippen LogP contribution in [0.3, 0.4) is 0 Å². The molecule has 3 aromatic rings. The van der Waals surface area contributed by atoms with E-state index in [2.05, 4.69) is 10.1 Å². The summed E-state index contributed by atoms with van der Waals surface area (Å²) in [5.41, 5.74) is 1.81. The molecule has 1 N–H and O–H groups in total. The molecule has 7 heteroatoms. The first-order valence-corrected chi connectivity index (χ1v) is 8.32. The molecule has 1 aromatic carbocycles. The second-order valence-electron chi connectivity index (χ2n) is 6.12. The molecule has 1 aliphatic carbocycles. The van der Waals surface area contributed by atoms with Gasteiger partial charge in [0.05, 0.1) is 5.69 Å². The highest BCUT2D eigenvalue weighted by atomic mass is 35.5. The molecule has 2 aromatic heterocycles.